The van der Waals surface area contributed by atoms with Crippen molar-refractivity contribution in [3.63, 3.8) is 0 Å². The number of piperazine rings is 1. The molecule has 0 aliphatic carbocycles. The maximum absolute atomic E-state index is 13.7. The number of nitrogens with one attached hydrogen (secondary N) is 1. The molecule has 7 nitrogen and oxygen atoms in total. The van der Waals surface area contributed by atoms with Crippen LogP contribution in [0.2, 0.25) is 0 Å². The fourth-order valence-electron chi connectivity index (χ4n) is 2.97. The molecule has 1 fully saturated rings. The predicted octanol–water partition coefficient (Wildman–Crippen LogP) is 1.07. The van der Waals surface area contributed by atoms with E-state index in [-0.39, 0.29) is 18.0 Å². The summed E-state index contributed by atoms with van der Waals surface area (Å²) >= 11 is -2.33. The van der Waals surface area contributed by atoms with Gasteiger partial charge in [0.25, 0.3) is 5.91 Å². The number of para-hydroxylation sites is 1. The van der Waals surface area contributed by atoms with E-state index in [1.54, 1.807) is 4.90 Å². The number of anilines is 1. The van der Waals surface area contributed by atoms with Crippen LogP contribution >= 0.6 is 0 Å². The Morgan fingerprint density at radius 1 is 1.19 bits per heavy atom. The highest BCUT2D eigenvalue weighted by Crippen LogP contribution is 2.22. The van der Waals surface area contributed by atoms with E-state index in [9.17, 15) is 17.9 Å². The van der Waals surface area contributed by atoms with Crippen LogP contribution < -0.4 is 9.62 Å². The van der Waals surface area contributed by atoms with Crippen LogP contribution in [0.4, 0.5) is 10.1 Å². The Morgan fingerprint density at radius 3 is 2.62 bits per heavy atom. The van der Waals surface area contributed by atoms with E-state index in [0.717, 1.165) is 11.3 Å². The summed E-state index contributed by atoms with van der Waals surface area (Å²) in [6, 6.07) is 10.5. The molecule has 1 N–H and O–H groups in total. The number of carbonyl (C=O) groups is 1. The molecule has 2 heterocycles. The highest BCUT2D eigenvalue weighted by atomic mass is 32.2. The van der Waals surface area contributed by atoms with Gasteiger partial charge in [0.15, 0.2) is 0 Å². The number of benzene rings is 1. The fraction of sp³-hybridized carbons (Fsp3) is 0.294. The van der Waals surface area contributed by atoms with Crippen LogP contribution in [0.25, 0.3) is 0 Å². The molecule has 1 saturated heterocycles. The molecule has 0 saturated carbocycles. The maximum atomic E-state index is 13.7. The van der Waals surface area contributed by atoms with Crippen molar-refractivity contribution in [2.75, 3.05) is 31.1 Å². The van der Waals surface area contributed by atoms with Crippen molar-refractivity contribution < 1.29 is 17.9 Å². The topological polar surface area (TPSA) is 88.6 Å². The van der Waals surface area contributed by atoms with Crippen LogP contribution in [0.5, 0.6) is 0 Å². The molecule has 1 atom stereocenters. The van der Waals surface area contributed by atoms with Crippen LogP contribution in [0.15, 0.2) is 42.6 Å². The Kier molecular flexibility index (Phi) is 5.92. The Bertz CT molecular complexity index is 812. The Balaban J connectivity index is 1.67. The molecule has 1 aliphatic rings. The zero-order chi connectivity index (χ0) is 18.5. The summed E-state index contributed by atoms with van der Waals surface area (Å²) < 4.78 is 37.6. The second-order valence-corrected chi connectivity index (χ2v) is 6.56. The molecular formula is C17H18FN4O3S-. The SMILES string of the molecule is O=C(c1cccnc1F)N1CCN(c2ccccc2CNS(=O)[O-])CC1. The van der Waals surface area contributed by atoms with Gasteiger partial charge in [-0.05, 0) is 23.8 Å². The van der Waals surface area contributed by atoms with E-state index in [0.29, 0.717) is 26.2 Å². The summed E-state index contributed by atoms with van der Waals surface area (Å²) in [6.07, 6.45) is 1.31. The smallest absolute Gasteiger partial charge is 0.258 e. The molecule has 0 bridgehead atoms. The molecule has 9 heteroatoms. The van der Waals surface area contributed by atoms with Crippen molar-refractivity contribution in [3.8, 4) is 0 Å². The Hall–Kier alpha value is -2.36. The lowest BCUT2D eigenvalue weighted by molar-refractivity contribution is 0.0741. The first-order valence-electron chi connectivity index (χ1n) is 8.11. The molecule has 1 aliphatic heterocycles. The van der Waals surface area contributed by atoms with Gasteiger partial charge in [0, 0.05) is 55.9 Å². The number of rotatable bonds is 5. The van der Waals surface area contributed by atoms with Crippen LogP contribution in [-0.4, -0.2) is 50.7 Å². The zero-order valence-electron chi connectivity index (χ0n) is 13.9. The van der Waals surface area contributed by atoms with Crippen LogP contribution in [0, 0.1) is 5.95 Å². The van der Waals surface area contributed by atoms with E-state index in [1.165, 1.54) is 18.3 Å². The minimum absolute atomic E-state index is 0.0246. The van der Waals surface area contributed by atoms with Gasteiger partial charge in [0.1, 0.15) is 0 Å². The Labute approximate surface area is 153 Å². The monoisotopic (exact) mass is 377 g/mol. The normalized spacial score (nSPS) is 15.8. The van der Waals surface area contributed by atoms with Crippen LogP contribution in [-0.2, 0) is 17.8 Å². The first-order chi connectivity index (χ1) is 12.6. The third-order valence-electron chi connectivity index (χ3n) is 4.27. The fourth-order valence-corrected chi connectivity index (χ4v) is 3.25. The van der Waals surface area contributed by atoms with Gasteiger partial charge in [0.2, 0.25) is 5.95 Å². The number of hydrogen-bond acceptors (Lipinski definition) is 5. The minimum Gasteiger partial charge on any atom is -0.760 e. The van der Waals surface area contributed by atoms with E-state index in [2.05, 4.69) is 14.6 Å². The predicted molar refractivity (Wildman–Crippen MR) is 94.5 cm³/mol. The molecule has 3 rings (SSSR count). The molecule has 26 heavy (non-hydrogen) atoms. The second kappa shape index (κ2) is 8.35. The molecule has 1 aromatic carbocycles. The van der Waals surface area contributed by atoms with E-state index >= 15 is 0 Å². The summed E-state index contributed by atoms with van der Waals surface area (Å²) in [5.41, 5.74) is 1.75. The van der Waals surface area contributed by atoms with Crippen LogP contribution in [0.1, 0.15) is 15.9 Å². The quantitative estimate of drug-likeness (QED) is 0.622. The highest BCUT2D eigenvalue weighted by Gasteiger charge is 2.25. The molecule has 1 aromatic heterocycles. The molecule has 138 valence electrons. The van der Waals surface area contributed by atoms with Crippen molar-refractivity contribution in [2.24, 2.45) is 0 Å². The second-order valence-electron chi connectivity index (χ2n) is 5.81. The highest BCUT2D eigenvalue weighted by molar-refractivity contribution is 7.77. The summed E-state index contributed by atoms with van der Waals surface area (Å²) in [5.74, 6) is -1.13. The van der Waals surface area contributed by atoms with E-state index in [1.807, 2.05) is 24.3 Å². The molecular weight excluding hydrogens is 359 g/mol. The van der Waals surface area contributed by atoms with Gasteiger partial charge >= 0.3 is 0 Å². The van der Waals surface area contributed by atoms with Crippen LogP contribution in [0.3, 0.4) is 0 Å². The lowest BCUT2D eigenvalue weighted by Gasteiger charge is -2.37. The first kappa shape index (κ1) is 18.4. The van der Waals surface area contributed by atoms with Gasteiger partial charge in [-0.1, -0.05) is 18.2 Å². The number of pyridine rings is 1. The lowest BCUT2D eigenvalue weighted by Crippen LogP contribution is -2.49. The van der Waals surface area contributed by atoms with Gasteiger partial charge in [-0.25, -0.2) is 9.71 Å². The minimum atomic E-state index is -2.33. The first-order valence-corrected chi connectivity index (χ1v) is 9.19. The van der Waals surface area contributed by atoms with Gasteiger partial charge in [-0.15, -0.1) is 0 Å². The van der Waals surface area contributed by atoms with Crippen molar-refractivity contribution >= 4 is 22.9 Å². The number of hydrogen-bond donors (Lipinski definition) is 1. The molecule has 2 aromatic rings. The maximum Gasteiger partial charge on any atom is 0.258 e. The molecule has 1 amide bonds. The Morgan fingerprint density at radius 2 is 1.92 bits per heavy atom. The van der Waals surface area contributed by atoms with Crippen molar-refractivity contribution in [1.82, 2.24) is 14.6 Å². The average Bonchev–Trinajstić information content (AvgIpc) is 2.66. The van der Waals surface area contributed by atoms with Crippen molar-refractivity contribution in [2.45, 2.75) is 6.54 Å². The summed E-state index contributed by atoms with van der Waals surface area (Å²) in [7, 11) is 0. The number of halogens is 1. The average molecular weight is 377 g/mol. The molecule has 0 radical (unpaired) electrons. The largest absolute Gasteiger partial charge is 0.760 e. The third kappa shape index (κ3) is 4.24. The van der Waals surface area contributed by atoms with Gasteiger partial charge in [-0.2, -0.15) is 4.39 Å². The summed E-state index contributed by atoms with van der Waals surface area (Å²) in [5, 5.41) is 0. The lowest BCUT2D eigenvalue weighted by atomic mass is 10.1. The van der Waals surface area contributed by atoms with Crippen molar-refractivity contribution in [3.05, 3.63) is 59.7 Å². The number of aromatic nitrogens is 1. The molecule has 0 spiro atoms. The van der Waals surface area contributed by atoms with E-state index < -0.39 is 17.2 Å². The standard InChI is InChI=1S/C17H19FN4O3S/c18-16-14(5-3-7-19-16)17(23)22-10-8-21(9-11-22)15-6-2-1-4-13(15)12-20-26(24)25/h1-7,20H,8-12H2,(H,24,25)/p-1. The van der Waals surface area contributed by atoms with Gasteiger partial charge < -0.3 is 14.4 Å². The van der Waals surface area contributed by atoms with Gasteiger partial charge in [0.05, 0.1) is 5.56 Å². The summed E-state index contributed by atoms with van der Waals surface area (Å²) in [4.78, 5) is 19.7. The third-order valence-corrected chi connectivity index (χ3v) is 4.65. The van der Waals surface area contributed by atoms with Gasteiger partial charge in [-0.3, -0.25) is 9.00 Å². The van der Waals surface area contributed by atoms with Crippen molar-refractivity contribution in [1.29, 1.82) is 0 Å². The molecule has 1 unspecified atom stereocenters. The number of amides is 1. The number of carbonyl (C=O) groups excluding carboxylic acids is 1. The number of nitrogens with zero attached hydrogens (tertiary/aromatic N) is 3. The summed E-state index contributed by atoms with van der Waals surface area (Å²) in [6.45, 7) is 2.24. The van der Waals surface area contributed by atoms with E-state index in [4.69, 9.17) is 0 Å². The zero-order valence-corrected chi connectivity index (χ0v) is 14.7.